The molecule has 2 radical (unpaired) electrons. The van der Waals surface area contributed by atoms with Crippen LogP contribution >= 0.6 is 0 Å². The van der Waals surface area contributed by atoms with Crippen LogP contribution in [0, 0.1) is 0 Å². The van der Waals surface area contributed by atoms with Crippen LogP contribution in [0.15, 0.2) is 24.3 Å². The first-order valence-corrected chi connectivity index (χ1v) is 4.01. The minimum atomic E-state index is 0.653. The molecule has 0 saturated heterocycles. The zero-order valence-corrected chi connectivity index (χ0v) is 6.99. The molecule has 2 N–H and O–H groups in total. The van der Waals surface area contributed by atoms with Crippen molar-refractivity contribution in [2.75, 3.05) is 12.3 Å². The Labute approximate surface area is 74.1 Å². The van der Waals surface area contributed by atoms with Gasteiger partial charge in [0, 0.05) is 11.8 Å². The Kier molecular flexibility index (Phi) is 3.52. The molecule has 0 bridgehead atoms. The fraction of sp³-hybridized carbons (Fsp3) is 0.333. The molecule has 2 nitrogen and oxygen atoms in total. The lowest BCUT2D eigenvalue weighted by molar-refractivity contribution is 0.317. The summed E-state index contributed by atoms with van der Waals surface area (Å²) in [5, 5.41) is 0. The van der Waals surface area contributed by atoms with Gasteiger partial charge in [0.25, 0.3) is 0 Å². The smallest absolute Gasteiger partial charge is 0.121 e. The minimum absolute atomic E-state index is 0.653. The van der Waals surface area contributed by atoms with E-state index >= 15 is 0 Å². The number of ether oxygens (including phenoxy) is 1. The average Bonchev–Trinajstić information content (AvgIpc) is 2.05. The Morgan fingerprint density at radius 2 is 2.25 bits per heavy atom. The summed E-state index contributed by atoms with van der Waals surface area (Å²) in [6, 6.07) is 7.38. The third kappa shape index (κ3) is 2.87. The van der Waals surface area contributed by atoms with Gasteiger partial charge in [0.2, 0.25) is 0 Å². The van der Waals surface area contributed by atoms with Crippen LogP contribution in [0.4, 0.5) is 5.69 Å². The molecule has 0 heterocycles. The number of hydrogen-bond donors (Lipinski definition) is 1. The van der Waals surface area contributed by atoms with Crippen LogP contribution in [0.1, 0.15) is 6.42 Å². The largest absolute Gasteiger partial charge is 0.494 e. The van der Waals surface area contributed by atoms with Crippen molar-refractivity contribution in [1.29, 1.82) is 0 Å². The predicted octanol–water partition coefficient (Wildman–Crippen LogP) is 1.62. The molecule has 12 heavy (non-hydrogen) atoms. The molecule has 1 aromatic carbocycles. The number of rotatable bonds is 4. The maximum absolute atomic E-state index is 5.56. The van der Waals surface area contributed by atoms with Crippen LogP contribution in [0.2, 0.25) is 6.32 Å². The second-order valence-electron chi connectivity index (χ2n) is 2.56. The van der Waals surface area contributed by atoms with Gasteiger partial charge in [-0.25, -0.2) is 0 Å². The molecule has 1 aromatic rings. The van der Waals surface area contributed by atoms with Crippen molar-refractivity contribution < 1.29 is 4.74 Å². The summed E-state index contributed by atoms with van der Waals surface area (Å²) in [7, 11) is 5.32. The quantitative estimate of drug-likeness (QED) is 0.413. The van der Waals surface area contributed by atoms with Crippen LogP contribution in [0.3, 0.4) is 0 Å². The average molecular weight is 161 g/mol. The number of nitrogen functional groups attached to an aromatic ring is 1. The van der Waals surface area contributed by atoms with Crippen molar-refractivity contribution in [3.63, 3.8) is 0 Å². The summed E-state index contributed by atoms with van der Waals surface area (Å²) in [5.74, 6) is 0.809. The molecule has 0 aliphatic heterocycles. The van der Waals surface area contributed by atoms with Crippen molar-refractivity contribution in [2.24, 2.45) is 0 Å². The maximum Gasteiger partial charge on any atom is 0.121 e. The van der Waals surface area contributed by atoms with Crippen molar-refractivity contribution >= 4 is 13.5 Å². The Bertz CT molecular complexity index is 240. The van der Waals surface area contributed by atoms with E-state index in [2.05, 4.69) is 0 Å². The topological polar surface area (TPSA) is 35.2 Å². The van der Waals surface area contributed by atoms with Crippen LogP contribution in [-0.2, 0) is 0 Å². The predicted molar refractivity (Wildman–Crippen MR) is 51.5 cm³/mol. The number of benzene rings is 1. The normalized spacial score (nSPS) is 9.67. The van der Waals surface area contributed by atoms with E-state index in [1.54, 1.807) is 6.07 Å². The Balaban J connectivity index is 2.41. The van der Waals surface area contributed by atoms with Gasteiger partial charge >= 0.3 is 0 Å². The Morgan fingerprint density at radius 1 is 1.42 bits per heavy atom. The van der Waals surface area contributed by atoms with E-state index in [0.29, 0.717) is 12.9 Å². The molecule has 0 aliphatic carbocycles. The molecule has 0 fully saturated rings. The first kappa shape index (κ1) is 8.98. The van der Waals surface area contributed by atoms with Gasteiger partial charge in [-0.05, 0) is 18.6 Å². The minimum Gasteiger partial charge on any atom is -0.494 e. The first-order chi connectivity index (χ1) is 5.83. The van der Waals surface area contributed by atoms with Crippen molar-refractivity contribution in [2.45, 2.75) is 12.7 Å². The summed E-state index contributed by atoms with van der Waals surface area (Å²) >= 11 is 0. The molecule has 0 aromatic heterocycles. The summed E-state index contributed by atoms with van der Waals surface area (Å²) in [5.41, 5.74) is 6.28. The highest BCUT2D eigenvalue weighted by Crippen LogP contribution is 2.14. The molecule has 0 atom stereocenters. The molecule has 62 valence electrons. The van der Waals surface area contributed by atoms with Crippen LogP contribution in [0.5, 0.6) is 5.75 Å². The zero-order valence-electron chi connectivity index (χ0n) is 6.99. The summed E-state index contributed by atoms with van der Waals surface area (Å²) < 4.78 is 5.37. The fourth-order valence-corrected chi connectivity index (χ4v) is 0.878. The van der Waals surface area contributed by atoms with Crippen molar-refractivity contribution in [3.05, 3.63) is 24.3 Å². The highest BCUT2D eigenvalue weighted by atomic mass is 16.5. The monoisotopic (exact) mass is 161 g/mol. The van der Waals surface area contributed by atoms with E-state index in [4.69, 9.17) is 18.3 Å². The van der Waals surface area contributed by atoms with Crippen molar-refractivity contribution in [1.82, 2.24) is 0 Å². The standard InChI is InChI=1S/C9H12BNO/c10-5-2-6-12-9-4-1-3-8(11)7-9/h1,3-4,7H,2,5-6,11H2. The van der Waals surface area contributed by atoms with Gasteiger partial charge < -0.3 is 10.5 Å². The molecule has 0 amide bonds. The lowest BCUT2D eigenvalue weighted by atomic mass is 10.0. The molecular weight excluding hydrogens is 149 g/mol. The first-order valence-electron chi connectivity index (χ1n) is 4.01. The lowest BCUT2D eigenvalue weighted by Gasteiger charge is -2.04. The van der Waals surface area contributed by atoms with Crippen LogP contribution in [-0.4, -0.2) is 14.5 Å². The highest BCUT2D eigenvalue weighted by molar-refractivity contribution is 6.08. The number of nitrogens with two attached hydrogens (primary N) is 1. The van der Waals surface area contributed by atoms with Crippen molar-refractivity contribution in [3.8, 4) is 5.75 Å². The molecule has 0 aliphatic rings. The molecule has 1 rings (SSSR count). The van der Waals surface area contributed by atoms with E-state index in [-0.39, 0.29) is 0 Å². The van der Waals surface area contributed by atoms with E-state index in [9.17, 15) is 0 Å². The third-order valence-electron chi connectivity index (χ3n) is 1.48. The Hall–Kier alpha value is -1.12. The van der Waals surface area contributed by atoms with Crippen LogP contribution in [0.25, 0.3) is 0 Å². The number of hydrogen-bond acceptors (Lipinski definition) is 2. The summed E-state index contributed by atoms with van der Waals surface area (Å²) in [6.45, 7) is 0.653. The van der Waals surface area contributed by atoms with Gasteiger partial charge in [-0.3, -0.25) is 0 Å². The SMILES string of the molecule is [B]CCCOc1cccc(N)c1. The second-order valence-corrected chi connectivity index (χ2v) is 2.56. The Morgan fingerprint density at radius 3 is 2.92 bits per heavy atom. The zero-order chi connectivity index (χ0) is 8.81. The van der Waals surface area contributed by atoms with E-state index in [0.717, 1.165) is 17.9 Å². The van der Waals surface area contributed by atoms with Gasteiger partial charge in [-0.15, -0.1) is 0 Å². The summed E-state index contributed by atoms with van der Waals surface area (Å²) in [4.78, 5) is 0. The number of anilines is 1. The van der Waals surface area contributed by atoms with E-state index in [1.807, 2.05) is 18.2 Å². The second kappa shape index (κ2) is 4.70. The fourth-order valence-electron chi connectivity index (χ4n) is 0.878. The van der Waals surface area contributed by atoms with Gasteiger partial charge in [-0.2, -0.15) is 0 Å². The van der Waals surface area contributed by atoms with Crippen LogP contribution < -0.4 is 10.5 Å². The molecular formula is C9H12BNO. The highest BCUT2D eigenvalue weighted by Gasteiger charge is 1.92. The van der Waals surface area contributed by atoms with Gasteiger partial charge in [-0.1, -0.05) is 12.4 Å². The van der Waals surface area contributed by atoms with Gasteiger partial charge in [0.05, 0.1) is 14.5 Å². The maximum atomic E-state index is 5.56. The van der Waals surface area contributed by atoms with E-state index in [1.165, 1.54) is 0 Å². The van der Waals surface area contributed by atoms with E-state index < -0.39 is 0 Å². The molecule has 3 heteroatoms. The molecule has 0 spiro atoms. The third-order valence-corrected chi connectivity index (χ3v) is 1.48. The molecule has 0 saturated carbocycles. The lowest BCUT2D eigenvalue weighted by Crippen LogP contribution is -1.97. The van der Waals surface area contributed by atoms with Gasteiger partial charge in [0.1, 0.15) is 5.75 Å². The summed E-state index contributed by atoms with van der Waals surface area (Å²) in [6.07, 6.45) is 1.52. The van der Waals surface area contributed by atoms with Gasteiger partial charge in [0.15, 0.2) is 0 Å². The molecule has 0 unspecified atom stereocenters.